The summed E-state index contributed by atoms with van der Waals surface area (Å²) in [6.45, 7) is 0.646. The molecule has 0 aromatic heterocycles. The van der Waals surface area contributed by atoms with Gasteiger partial charge in [0.15, 0.2) is 0 Å². The molecular formula is C13H24BrNO2S. The number of rotatable bonds is 6. The van der Waals surface area contributed by atoms with Crippen LogP contribution < -0.4 is 4.72 Å². The highest BCUT2D eigenvalue weighted by atomic mass is 79.9. The van der Waals surface area contributed by atoms with E-state index in [0.29, 0.717) is 29.0 Å². The second-order valence-electron chi connectivity index (χ2n) is 5.87. The Morgan fingerprint density at radius 3 is 2.22 bits per heavy atom. The molecule has 1 N–H and O–H groups in total. The van der Waals surface area contributed by atoms with Crippen molar-refractivity contribution in [2.75, 3.05) is 12.3 Å². The molecule has 0 saturated heterocycles. The van der Waals surface area contributed by atoms with Gasteiger partial charge in [0.25, 0.3) is 0 Å². The normalized spacial score (nSPS) is 30.1. The van der Waals surface area contributed by atoms with Crippen LogP contribution in [0.2, 0.25) is 0 Å². The first-order valence-corrected chi connectivity index (χ1v) is 9.73. The molecule has 2 aliphatic rings. The van der Waals surface area contributed by atoms with Crippen LogP contribution in [0.15, 0.2) is 0 Å². The minimum absolute atomic E-state index is 0.325. The quantitative estimate of drug-likeness (QED) is 0.757. The van der Waals surface area contributed by atoms with E-state index in [2.05, 4.69) is 20.7 Å². The second kappa shape index (κ2) is 6.71. The Morgan fingerprint density at radius 1 is 1.00 bits per heavy atom. The van der Waals surface area contributed by atoms with E-state index in [1.807, 2.05) is 0 Å². The minimum atomic E-state index is -3.03. The average molecular weight is 338 g/mol. The Hall–Kier alpha value is 0.390. The fourth-order valence-corrected chi connectivity index (χ4v) is 4.55. The summed E-state index contributed by atoms with van der Waals surface area (Å²) < 4.78 is 26.5. The molecule has 0 aliphatic heterocycles. The topological polar surface area (TPSA) is 46.2 Å². The molecule has 2 aliphatic carbocycles. The molecule has 18 heavy (non-hydrogen) atoms. The zero-order chi connectivity index (χ0) is 13.0. The summed E-state index contributed by atoms with van der Waals surface area (Å²) in [5.74, 6) is 1.54. The predicted octanol–water partition coefficient (Wildman–Crippen LogP) is 3.05. The lowest BCUT2D eigenvalue weighted by Crippen LogP contribution is -2.33. The lowest BCUT2D eigenvalue weighted by atomic mass is 9.84. The van der Waals surface area contributed by atoms with E-state index in [4.69, 9.17) is 0 Å². The van der Waals surface area contributed by atoms with Crippen LogP contribution in [-0.4, -0.2) is 25.5 Å². The third-order valence-electron chi connectivity index (χ3n) is 4.39. The Balaban J connectivity index is 1.64. The smallest absolute Gasteiger partial charge is 0.211 e. The standard InChI is InChI=1S/C13H24BrNO2S/c14-13-6-4-12(5-7-13)10-15-18(16,17)9-8-11-2-1-3-11/h11-13,15H,1-10H2. The van der Waals surface area contributed by atoms with Crippen molar-refractivity contribution in [3.05, 3.63) is 0 Å². The van der Waals surface area contributed by atoms with Crippen LogP contribution in [0.1, 0.15) is 51.4 Å². The Labute approximate surface area is 119 Å². The number of hydrogen-bond donors (Lipinski definition) is 1. The maximum absolute atomic E-state index is 11.9. The van der Waals surface area contributed by atoms with E-state index in [0.717, 1.165) is 19.3 Å². The third-order valence-corrected chi connectivity index (χ3v) is 6.68. The van der Waals surface area contributed by atoms with Crippen molar-refractivity contribution in [2.45, 2.75) is 56.2 Å². The number of nitrogens with one attached hydrogen (secondary N) is 1. The molecule has 3 nitrogen and oxygen atoms in total. The van der Waals surface area contributed by atoms with Gasteiger partial charge >= 0.3 is 0 Å². The summed E-state index contributed by atoms with van der Waals surface area (Å²) in [4.78, 5) is 0.643. The van der Waals surface area contributed by atoms with Gasteiger partial charge in [0, 0.05) is 11.4 Å². The molecule has 106 valence electrons. The average Bonchev–Trinajstić information content (AvgIpc) is 2.26. The Morgan fingerprint density at radius 2 is 1.67 bits per heavy atom. The molecule has 0 aromatic rings. The summed E-state index contributed by atoms with van der Waals surface area (Å²) in [5, 5.41) is 0. The highest BCUT2D eigenvalue weighted by molar-refractivity contribution is 9.09. The summed E-state index contributed by atoms with van der Waals surface area (Å²) >= 11 is 3.62. The molecule has 0 amide bonds. The molecule has 2 fully saturated rings. The molecule has 0 atom stereocenters. The Kier molecular flexibility index (Phi) is 5.51. The van der Waals surface area contributed by atoms with Crippen molar-refractivity contribution in [2.24, 2.45) is 11.8 Å². The Bertz CT molecular complexity index is 346. The second-order valence-corrected chi connectivity index (χ2v) is 9.09. The lowest BCUT2D eigenvalue weighted by molar-refractivity contribution is 0.307. The number of alkyl halides is 1. The van der Waals surface area contributed by atoms with Crippen molar-refractivity contribution in [3.8, 4) is 0 Å². The van der Waals surface area contributed by atoms with E-state index in [-0.39, 0.29) is 0 Å². The summed E-state index contributed by atoms with van der Waals surface area (Å²) in [6.07, 6.45) is 9.22. The molecule has 0 heterocycles. The molecule has 0 radical (unpaired) electrons. The van der Waals surface area contributed by atoms with Gasteiger partial charge < -0.3 is 0 Å². The van der Waals surface area contributed by atoms with Crippen LogP contribution in [-0.2, 0) is 10.0 Å². The minimum Gasteiger partial charge on any atom is -0.215 e. The van der Waals surface area contributed by atoms with Gasteiger partial charge in [-0.3, -0.25) is 0 Å². The van der Waals surface area contributed by atoms with Crippen molar-refractivity contribution < 1.29 is 8.42 Å². The van der Waals surface area contributed by atoms with Crippen molar-refractivity contribution in [1.29, 1.82) is 0 Å². The van der Waals surface area contributed by atoms with Crippen LogP contribution in [0.4, 0.5) is 0 Å². The van der Waals surface area contributed by atoms with E-state index in [1.165, 1.54) is 32.1 Å². The van der Waals surface area contributed by atoms with Gasteiger partial charge in [-0.2, -0.15) is 0 Å². The van der Waals surface area contributed by atoms with Crippen LogP contribution in [0.3, 0.4) is 0 Å². The van der Waals surface area contributed by atoms with Crippen molar-refractivity contribution in [1.82, 2.24) is 4.72 Å². The van der Waals surface area contributed by atoms with Gasteiger partial charge in [-0.25, -0.2) is 13.1 Å². The maximum atomic E-state index is 11.9. The van der Waals surface area contributed by atoms with E-state index in [1.54, 1.807) is 0 Å². The van der Waals surface area contributed by atoms with Crippen LogP contribution in [0.5, 0.6) is 0 Å². The van der Waals surface area contributed by atoms with Crippen molar-refractivity contribution in [3.63, 3.8) is 0 Å². The number of halogens is 1. The van der Waals surface area contributed by atoms with E-state index >= 15 is 0 Å². The molecule has 2 saturated carbocycles. The van der Waals surface area contributed by atoms with Crippen molar-refractivity contribution >= 4 is 26.0 Å². The summed E-state index contributed by atoms with van der Waals surface area (Å²) in [6, 6.07) is 0. The highest BCUT2D eigenvalue weighted by Crippen LogP contribution is 2.30. The van der Waals surface area contributed by atoms with Gasteiger partial charge in [-0.05, 0) is 43.9 Å². The molecule has 2 rings (SSSR count). The molecular weight excluding hydrogens is 314 g/mol. The number of hydrogen-bond acceptors (Lipinski definition) is 2. The van der Waals surface area contributed by atoms with Gasteiger partial charge in [0.2, 0.25) is 10.0 Å². The zero-order valence-corrected chi connectivity index (χ0v) is 13.3. The molecule has 0 bridgehead atoms. The fourth-order valence-electron chi connectivity index (χ4n) is 2.75. The largest absolute Gasteiger partial charge is 0.215 e. The summed E-state index contributed by atoms with van der Waals surface area (Å²) in [7, 11) is -3.03. The summed E-state index contributed by atoms with van der Waals surface area (Å²) in [5.41, 5.74) is 0. The monoisotopic (exact) mass is 337 g/mol. The SMILES string of the molecule is O=S(=O)(CCC1CCC1)NCC1CCC(Br)CC1. The molecule has 0 spiro atoms. The first-order valence-electron chi connectivity index (χ1n) is 7.16. The van der Waals surface area contributed by atoms with Gasteiger partial charge in [-0.1, -0.05) is 35.2 Å². The van der Waals surface area contributed by atoms with E-state index in [9.17, 15) is 8.42 Å². The third kappa shape index (κ3) is 4.82. The maximum Gasteiger partial charge on any atom is 0.211 e. The van der Waals surface area contributed by atoms with Crippen LogP contribution >= 0.6 is 15.9 Å². The van der Waals surface area contributed by atoms with Crippen LogP contribution in [0, 0.1) is 11.8 Å². The van der Waals surface area contributed by atoms with E-state index < -0.39 is 10.0 Å². The number of sulfonamides is 1. The lowest BCUT2D eigenvalue weighted by Gasteiger charge is -2.26. The van der Waals surface area contributed by atoms with Gasteiger partial charge in [-0.15, -0.1) is 0 Å². The van der Waals surface area contributed by atoms with Crippen LogP contribution in [0.25, 0.3) is 0 Å². The predicted molar refractivity (Wildman–Crippen MR) is 78.4 cm³/mol. The first-order chi connectivity index (χ1) is 8.55. The highest BCUT2D eigenvalue weighted by Gasteiger charge is 2.23. The zero-order valence-electron chi connectivity index (χ0n) is 10.9. The first kappa shape index (κ1) is 14.8. The molecule has 0 unspecified atom stereocenters. The molecule has 5 heteroatoms. The van der Waals surface area contributed by atoms with Gasteiger partial charge in [0.1, 0.15) is 0 Å². The van der Waals surface area contributed by atoms with Gasteiger partial charge in [0.05, 0.1) is 5.75 Å². The fraction of sp³-hybridized carbons (Fsp3) is 1.00. The molecule has 0 aromatic carbocycles.